The summed E-state index contributed by atoms with van der Waals surface area (Å²) in [5, 5.41) is 2.90. The average Bonchev–Trinajstić information content (AvgIpc) is 2.04. The molecular weight excluding hydrogens is 211 g/mol. The Morgan fingerprint density at radius 3 is 2.50 bits per heavy atom. The third-order valence-corrected chi connectivity index (χ3v) is 5.29. The van der Waals surface area contributed by atoms with Crippen LogP contribution in [-0.4, -0.2) is 44.1 Å². The van der Waals surface area contributed by atoms with Crippen molar-refractivity contribution in [3.8, 4) is 0 Å². The fraction of sp³-hybridized carbons (Fsp3) is 0.833. The zero-order valence-corrected chi connectivity index (χ0v) is 10.4. The van der Waals surface area contributed by atoms with Crippen LogP contribution in [-0.2, 0) is 16.3 Å². The van der Waals surface area contributed by atoms with Crippen molar-refractivity contribution >= 4 is 35.4 Å². The highest BCUT2D eigenvalue weighted by Crippen LogP contribution is 2.44. The summed E-state index contributed by atoms with van der Waals surface area (Å²) in [5.41, 5.74) is 0. The lowest BCUT2D eigenvalue weighted by molar-refractivity contribution is 0.413. The minimum absolute atomic E-state index is 0.660. The van der Waals surface area contributed by atoms with Gasteiger partial charge in [0.2, 0.25) is 0 Å². The molecule has 0 amide bonds. The van der Waals surface area contributed by atoms with Crippen molar-refractivity contribution in [1.29, 1.82) is 0 Å². The normalized spacial score (nSPS) is 15.8. The van der Waals surface area contributed by atoms with E-state index in [2.05, 4.69) is 5.32 Å². The minimum Gasteiger partial charge on any atom is -0.382 e. The van der Waals surface area contributed by atoms with Crippen LogP contribution in [0, 0.1) is 0 Å². The van der Waals surface area contributed by atoms with Crippen LogP contribution >= 0.6 is 18.6 Å². The molecule has 0 bridgehead atoms. The Morgan fingerprint density at radius 1 is 1.67 bits per heavy atom. The number of nitrogens with one attached hydrogen (secondary N) is 1. The topological polar surface area (TPSA) is 24.5 Å². The molecule has 0 fully saturated rings. The molecule has 0 heterocycles. The summed E-state index contributed by atoms with van der Waals surface area (Å²) in [7, 11) is 5.37. The van der Waals surface area contributed by atoms with Gasteiger partial charge < -0.3 is 9.84 Å². The van der Waals surface area contributed by atoms with E-state index in [0.717, 1.165) is 4.99 Å². The van der Waals surface area contributed by atoms with Gasteiger partial charge in [0.25, 0.3) is 0 Å². The first-order valence-electron chi connectivity index (χ1n) is 3.49. The first-order chi connectivity index (χ1) is 5.44. The Hall–Kier alpha value is 0.460. The molecule has 0 aliphatic carbocycles. The summed E-state index contributed by atoms with van der Waals surface area (Å²) < 4.78 is 7.18. The van der Waals surface area contributed by atoms with Crippen molar-refractivity contribution < 1.29 is 4.52 Å². The third-order valence-electron chi connectivity index (χ3n) is 1.61. The van der Waals surface area contributed by atoms with Crippen molar-refractivity contribution in [3.63, 3.8) is 0 Å². The van der Waals surface area contributed by atoms with Crippen LogP contribution in [0.5, 0.6) is 0 Å². The van der Waals surface area contributed by atoms with Crippen LogP contribution in [0.25, 0.3) is 0 Å². The number of hydrogen-bond acceptors (Lipinski definition) is 3. The summed E-state index contributed by atoms with van der Waals surface area (Å²) in [6.07, 6.45) is -1.79. The third kappa shape index (κ3) is 3.92. The number of thiocarbonyl (C=S) groups is 1. The van der Waals surface area contributed by atoms with E-state index in [9.17, 15) is 0 Å². The van der Waals surface area contributed by atoms with E-state index in [1.165, 1.54) is 0 Å². The summed E-state index contributed by atoms with van der Waals surface area (Å²) in [4.78, 5) is 0.783. The fourth-order valence-electron chi connectivity index (χ4n) is 0.555. The van der Waals surface area contributed by atoms with Gasteiger partial charge >= 0.3 is 0 Å². The molecule has 1 atom stereocenters. The molecule has 0 aromatic carbocycles. The van der Waals surface area contributed by atoms with Gasteiger partial charge in [-0.05, 0) is 7.05 Å². The maximum Gasteiger partial charge on any atom is 0.128 e. The van der Waals surface area contributed by atoms with Crippen LogP contribution in [0.15, 0.2) is 0 Å². The van der Waals surface area contributed by atoms with Gasteiger partial charge in [0.15, 0.2) is 0 Å². The number of nitrogens with zero attached hydrogens (tertiary/aromatic N) is 1. The van der Waals surface area contributed by atoms with E-state index >= 15 is 0 Å². The molecule has 0 saturated heterocycles. The second-order valence-electron chi connectivity index (χ2n) is 2.47. The number of likely N-dealkylation sites (N-methyl/N-ethyl adjacent to an activating group) is 2. The highest BCUT2D eigenvalue weighted by Gasteiger charge is 2.16. The predicted octanol–water partition coefficient (Wildman–Crippen LogP) is 1.05. The number of rotatable bonds is 4. The van der Waals surface area contributed by atoms with E-state index in [1.807, 2.05) is 25.4 Å². The maximum atomic E-state index is 5.26. The maximum absolute atomic E-state index is 5.26. The molecule has 0 radical (unpaired) electrons. The average molecular weight is 226 g/mol. The van der Waals surface area contributed by atoms with Crippen LogP contribution in [0.2, 0.25) is 0 Å². The lowest BCUT2D eigenvalue weighted by atomic mass is 10.6. The Bertz CT molecular complexity index is 210. The molecule has 12 heavy (non-hydrogen) atoms. The molecule has 0 saturated carbocycles. The van der Waals surface area contributed by atoms with Gasteiger partial charge in [-0.1, -0.05) is 24.0 Å². The Morgan fingerprint density at radius 2 is 2.17 bits per heavy atom. The number of hydrogen-bond donors (Lipinski definition) is 1. The van der Waals surface area contributed by atoms with Crippen LogP contribution < -0.4 is 5.32 Å². The molecule has 0 rings (SSSR count). The van der Waals surface area contributed by atoms with Crippen LogP contribution in [0.4, 0.5) is 0 Å². The standard InChI is InChI=1S/C6H15N2OPS2/c1-7-6(11)5-8(2)10(4,12)9-3/h5H2,1-4H3,(H,7,11). The van der Waals surface area contributed by atoms with Gasteiger partial charge in [0.1, 0.15) is 6.42 Å². The van der Waals surface area contributed by atoms with Gasteiger partial charge in [-0.15, -0.1) is 0 Å². The van der Waals surface area contributed by atoms with Crippen molar-refractivity contribution in [2.45, 2.75) is 0 Å². The molecule has 72 valence electrons. The molecule has 0 aromatic heterocycles. The van der Waals surface area contributed by atoms with E-state index in [1.54, 1.807) is 7.11 Å². The zero-order chi connectivity index (χ0) is 9.78. The summed E-state index contributed by atoms with van der Waals surface area (Å²) in [6.45, 7) is 2.59. The van der Waals surface area contributed by atoms with Gasteiger partial charge in [-0.25, -0.2) is 0 Å². The lowest BCUT2D eigenvalue weighted by Gasteiger charge is -2.26. The SMILES string of the molecule is CNC(=S)CN(C)P(C)(=S)OC. The van der Waals surface area contributed by atoms with Crippen molar-refractivity contribution in [1.82, 2.24) is 9.99 Å². The fourth-order valence-corrected chi connectivity index (χ4v) is 1.69. The van der Waals surface area contributed by atoms with Gasteiger partial charge in [0, 0.05) is 20.8 Å². The highest BCUT2D eigenvalue weighted by atomic mass is 32.4. The molecular formula is C6H15N2OPS2. The molecule has 0 aliphatic heterocycles. The van der Waals surface area contributed by atoms with E-state index < -0.39 is 6.42 Å². The van der Waals surface area contributed by atoms with Crippen LogP contribution in [0.3, 0.4) is 0 Å². The Labute approximate surface area is 84.6 Å². The predicted molar refractivity (Wildman–Crippen MR) is 61.5 cm³/mol. The molecule has 3 nitrogen and oxygen atoms in total. The monoisotopic (exact) mass is 226 g/mol. The summed E-state index contributed by atoms with van der Waals surface area (Å²) in [5.74, 6) is 0. The summed E-state index contributed by atoms with van der Waals surface area (Å²) in [6, 6.07) is 0. The van der Waals surface area contributed by atoms with Crippen molar-refractivity contribution in [2.24, 2.45) is 0 Å². The Kier molecular flexibility index (Phi) is 5.45. The second-order valence-corrected chi connectivity index (χ2v) is 7.65. The van der Waals surface area contributed by atoms with E-state index in [-0.39, 0.29) is 0 Å². The molecule has 0 spiro atoms. The highest BCUT2D eigenvalue weighted by molar-refractivity contribution is 8.10. The summed E-state index contributed by atoms with van der Waals surface area (Å²) >= 11 is 10.3. The lowest BCUT2D eigenvalue weighted by Crippen LogP contribution is -2.29. The molecule has 1 N–H and O–H groups in total. The van der Waals surface area contributed by atoms with E-state index in [4.69, 9.17) is 28.5 Å². The van der Waals surface area contributed by atoms with Crippen molar-refractivity contribution in [3.05, 3.63) is 0 Å². The molecule has 1 unspecified atom stereocenters. The largest absolute Gasteiger partial charge is 0.382 e. The molecule has 0 aromatic rings. The van der Waals surface area contributed by atoms with Gasteiger partial charge in [-0.2, -0.15) is 0 Å². The molecule has 6 heteroatoms. The first-order valence-corrected chi connectivity index (χ1v) is 7.02. The molecule has 0 aliphatic rings. The van der Waals surface area contributed by atoms with Crippen LogP contribution in [0.1, 0.15) is 0 Å². The van der Waals surface area contributed by atoms with Gasteiger partial charge in [0.05, 0.1) is 11.5 Å². The quantitative estimate of drug-likeness (QED) is 0.570. The smallest absolute Gasteiger partial charge is 0.128 e. The van der Waals surface area contributed by atoms with Crippen molar-refractivity contribution in [2.75, 3.05) is 34.4 Å². The van der Waals surface area contributed by atoms with Gasteiger partial charge in [-0.3, -0.25) is 4.67 Å². The zero-order valence-electron chi connectivity index (χ0n) is 7.83. The Balaban J connectivity index is 4.12. The second kappa shape index (κ2) is 5.25. The first kappa shape index (κ1) is 12.5. The van der Waals surface area contributed by atoms with E-state index in [0.29, 0.717) is 6.54 Å². The minimum atomic E-state index is -1.79.